The molecule has 0 amide bonds. The molecule has 0 saturated carbocycles. The molecule has 0 bridgehead atoms. The Morgan fingerprint density at radius 3 is 1.40 bits per heavy atom. The van der Waals surface area contributed by atoms with Gasteiger partial charge >= 0.3 is 308 Å². The molecule has 2 aliphatic carbocycles. The van der Waals surface area contributed by atoms with Gasteiger partial charge in [-0.2, -0.15) is 0 Å². The molecule has 0 heterocycles. The molecule has 278 valence electrons. The number of fused-ring (bicyclic) bond motifs is 3. The van der Waals surface area contributed by atoms with E-state index in [0.29, 0.717) is 0 Å². The van der Waals surface area contributed by atoms with Gasteiger partial charge in [0.25, 0.3) is 0 Å². The quantitative estimate of drug-likeness (QED) is 0.170. The fraction of sp³-hybridized carbons (Fsp3) is 0.408. The van der Waals surface area contributed by atoms with Gasteiger partial charge in [-0.15, -0.1) is 24.8 Å². The Morgan fingerprint density at radius 1 is 0.558 bits per heavy atom. The molecule has 0 atom stereocenters. The summed E-state index contributed by atoms with van der Waals surface area (Å²) >= 11 is -5.01. The molecule has 0 fully saturated rings. The van der Waals surface area contributed by atoms with Gasteiger partial charge in [-0.1, -0.05) is 0 Å². The van der Waals surface area contributed by atoms with E-state index in [9.17, 15) is 0 Å². The van der Waals surface area contributed by atoms with Crippen LogP contribution in [-0.4, -0.2) is 4.21 Å². The third kappa shape index (κ3) is 6.69. The van der Waals surface area contributed by atoms with Crippen molar-refractivity contribution in [2.24, 2.45) is 0 Å². The molecule has 6 rings (SSSR count). The maximum atomic E-state index is 5.91. The Bertz CT molecular complexity index is 2080. The zero-order valence-corrected chi connectivity index (χ0v) is 38.6. The summed E-state index contributed by atoms with van der Waals surface area (Å²) in [6.07, 6.45) is 9.04. The number of aryl methyl sites for hydroxylation is 2. The molecular formula is C49H64Cl2Zr. The van der Waals surface area contributed by atoms with Crippen LogP contribution in [0.2, 0.25) is 0 Å². The van der Waals surface area contributed by atoms with Gasteiger partial charge in [-0.25, -0.2) is 0 Å². The van der Waals surface area contributed by atoms with Crippen LogP contribution >= 0.6 is 24.8 Å². The zero-order valence-electron chi connectivity index (χ0n) is 34.5. The van der Waals surface area contributed by atoms with Crippen molar-refractivity contribution in [3.8, 4) is 11.1 Å². The van der Waals surface area contributed by atoms with E-state index in [1.54, 1.807) is 6.55 Å². The number of rotatable bonds is 4. The van der Waals surface area contributed by atoms with Crippen molar-refractivity contribution in [1.29, 1.82) is 0 Å². The molecule has 0 radical (unpaired) electrons. The molecule has 0 aromatic heterocycles. The summed E-state index contributed by atoms with van der Waals surface area (Å²) < 4.78 is 11.9. The van der Waals surface area contributed by atoms with Gasteiger partial charge in [-0.3, -0.25) is 0 Å². The van der Waals surface area contributed by atoms with E-state index in [1.807, 2.05) is 0 Å². The van der Waals surface area contributed by atoms with Crippen molar-refractivity contribution in [3.63, 3.8) is 0 Å². The number of halogens is 2. The van der Waals surface area contributed by atoms with Crippen LogP contribution in [0.25, 0.3) is 11.1 Å². The van der Waals surface area contributed by atoms with Gasteiger partial charge in [-0.05, 0) is 0 Å². The first-order valence-corrected chi connectivity index (χ1v) is 25.6. The molecule has 0 unspecified atom stereocenters. The van der Waals surface area contributed by atoms with Crippen LogP contribution in [0.3, 0.4) is 0 Å². The van der Waals surface area contributed by atoms with Crippen molar-refractivity contribution < 1.29 is 18.3 Å². The van der Waals surface area contributed by atoms with E-state index in [-0.39, 0.29) is 46.5 Å². The van der Waals surface area contributed by atoms with Gasteiger partial charge in [0.1, 0.15) is 0 Å². The molecule has 4 aromatic rings. The average molecular weight is 815 g/mol. The van der Waals surface area contributed by atoms with Crippen LogP contribution in [0.15, 0.2) is 88.2 Å². The molecule has 52 heavy (non-hydrogen) atoms. The van der Waals surface area contributed by atoms with E-state index in [2.05, 4.69) is 182 Å². The topological polar surface area (TPSA) is 0 Å². The third-order valence-electron chi connectivity index (χ3n) is 11.9. The third-order valence-corrected chi connectivity index (χ3v) is 28.3. The Kier molecular flexibility index (Phi) is 11.2. The minimum atomic E-state index is -5.01. The monoisotopic (exact) mass is 812 g/mol. The molecule has 0 aliphatic heterocycles. The average Bonchev–Trinajstić information content (AvgIpc) is 3.67. The molecule has 0 nitrogen and oxygen atoms in total. The van der Waals surface area contributed by atoms with Gasteiger partial charge in [0.05, 0.1) is 0 Å². The normalized spacial score (nSPS) is 14.7. The second-order valence-electron chi connectivity index (χ2n) is 19.9. The van der Waals surface area contributed by atoms with Crippen molar-refractivity contribution in [1.82, 2.24) is 0 Å². The van der Waals surface area contributed by atoms with Crippen LogP contribution in [0.5, 0.6) is 0 Å². The van der Waals surface area contributed by atoms with Gasteiger partial charge in [0, 0.05) is 0 Å². The summed E-state index contributed by atoms with van der Waals surface area (Å²) in [4.78, 5) is 0. The summed E-state index contributed by atoms with van der Waals surface area (Å²) in [5.41, 5.74) is 14.3. The Morgan fingerprint density at radius 2 is 1.00 bits per heavy atom. The van der Waals surface area contributed by atoms with Crippen molar-refractivity contribution in [3.05, 3.63) is 133 Å². The van der Waals surface area contributed by atoms with Gasteiger partial charge in [0.2, 0.25) is 0 Å². The van der Waals surface area contributed by atoms with E-state index in [4.69, 9.17) is 4.21 Å². The fourth-order valence-corrected chi connectivity index (χ4v) is 25.9. The summed E-state index contributed by atoms with van der Waals surface area (Å²) in [5, 5.41) is 0. The van der Waals surface area contributed by atoms with Crippen molar-refractivity contribution >= 4 is 38.8 Å². The van der Waals surface area contributed by atoms with Crippen LogP contribution in [-0.2, 0) is 46.4 Å². The predicted molar refractivity (Wildman–Crippen MR) is 234 cm³/mol. The molecule has 0 spiro atoms. The molecule has 2 aliphatic rings. The Balaban J connectivity index is 0.00000302. The van der Waals surface area contributed by atoms with Crippen LogP contribution in [0, 0.1) is 13.8 Å². The molecule has 0 N–H and O–H groups in total. The van der Waals surface area contributed by atoms with Gasteiger partial charge < -0.3 is 0 Å². The first-order chi connectivity index (χ1) is 23.0. The van der Waals surface area contributed by atoms with Crippen LogP contribution in [0.1, 0.15) is 134 Å². The maximum absolute atomic E-state index is 5.91. The van der Waals surface area contributed by atoms with E-state index < -0.39 is 18.3 Å². The molecule has 0 saturated heterocycles. The molecular weight excluding hydrogens is 751 g/mol. The van der Waals surface area contributed by atoms with E-state index in [1.165, 1.54) is 62.2 Å². The first kappa shape index (κ1) is 42.4. The second-order valence-corrected chi connectivity index (χ2v) is 32.8. The van der Waals surface area contributed by atoms with E-state index in [0.717, 1.165) is 12.8 Å². The number of allylic oxidation sites excluding steroid dienone is 4. The van der Waals surface area contributed by atoms with Crippen LogP contribution < -0.4 is 9.81 Å². The SMILES string of the molecule is Cl.Cl.[CH2]=[Zr]([C]1=CC=CC1)([c]1ccc(C)cc1)([c]1ccc(C)cc1)[c]1c2c(cc(C(C)(C)C)c1C(C)(C)C)-c1cc(C(C)(C)C)c(C(C)(C)C)cc1C2. The summed E-state index contributed by atoms with van der Waals surface area (Å²) in [6.45, 7) is 33.4. The van der Waals surface area contributed by atoms with Gasteiger partial charge in [0.15, 0.2) is 0 Å². The zero-order chi connectivity index (χ0) is 36.8. The summed E-state index contributed by atoms with van der Waals surface area (Å²) in [5.74, 6) is 0. The first-order valence-electron chi connectivity index (χ1n) is 18.9. The molecule has 3 heteroatoms. The second kappa shape index (κ2) is 13.8. The van der Waals surface area contributed by atoms with Crippen LogP contribution in [0.4, 0.5) is 0 Å². The van der Waals surface area contributed by atoms with E-state index >= 15 is 0 Å². The minimum absolute atomic E-state index is 0. The Hall–Kier alpha value is -2.31. The molecule has 4 aromatic carbocycles. The number of benzene rings is 4. The summed E-state index contributed by atoms with van der Waals surface area (Å²) in [7, 11) is 0. The fourth-order valence-electron chi connectivity index (χ4n) is 9.29. The Labute approximate surface area is 330 Å². The summed E-state index contributed by atoms with van der Waals surface area (Å²) in [6, 6.07) is 27.0. The predicted octanol–water partition coefficient (Wildman–Crippen LogP) is 12.1. The van der Waals surface area contributed by atoms with Crippen molar-refractivity contribution in [2.75, 3.05) is 0 Å². The standard InChI is InChI=1S/C29H41.2C7H7.C5H5.CH2.2ClH.Zr/c1-26(2,3)22-14-18-13-19-15-23(27(4,5)6)25(29(10,11)12)17-21(19)20(18)16-24(22)28(7,8)9;2*1-7-5-3-2-4-6-7;1-2-4-5-3-1;;;;/h14,16-17H,13H2,1-12H3;2*3-6H,1H3;1-3H,4H2;1H2;2*1H;. The van der Waals surface area contributed by atoms with Crippen molar-refractivity contribution in [2.45, 2.75) is 131 Å². The number of hydrogen-bond acceptors (Lipinski definition) is 0. The number of hydrogen-bond donors (Lipinski definition) is 0.